The largest absolute Gasteiger partial charge is 0.462 e. The predicted molar refractivity (Wildman–Crippen MR) is 77.4 cm³/mol. The molecule has 0 fully saturated rings. The van der Waals surface area contributed by atoms with E-state index in [0.717, 1.165) is 23.9 Å². The van der Waals surface area contributed by atoms with Crippen molar-refractivity contribution in [3.8, 4) is 0 Å². The minimum absolute atomic E-state index is 0.229. The van der Waals surface area contributed by atoms with Gasteiger partial charge in [0, 0.05) is 23.6 Å². The summed E-state index contributed by atoms with van der Waals surface area (Å²) >= 11 is 0. The van der Waals surface area contributed by atoms with Crippen molar-refractivity contribution in [2.24, 2.45) is 0 Å². The third kappa shape index (κ3) is 2.98. The van der Waals surface area contributed by atoms with E-state index < -0.39 is 0 Å². The zero-order valence-corrected chi connectivity index (χ0v) is 11.7. The molecule has 1 aromatic heterocycles. The second kappa shape index (κ2) is 6.41. The van der Waals surface area contributed by atoms with E-state index in [4.69, 9.17) is 4.74 Å². The minimum atomic E-state index is -0.229. The molecule has 2 rings (SSSR count). The Morgan fingerprint density at radius 1 is 1.21 bits per heavy atom. The van der Waals surface area contributed by atoms with E-state index in [1.165, 1.54) is 12.8 Å². The Morgan fingerprint density at radius 3 is 2.74 bits per heavy atom. The third-order valence-electron chi connectivity index (χ3n) is 3.29. The van der Waals surface area contributed by atoms with Gasteiger partial charge in [0.2, 0.25) is 0 Å². The van der Waals surface area contributed by atoms with Gasteiger partial charge in [-0.25, -0.2) is 4.79 Å². The molecule has 0 N–H and O–H groups in total. The van der Waals surface area contributed by atoms with Gasteiger partial charge >= 0.3 is 5.97 Å². The Labute approximate surface area is 114 Å². The lowest BCUT2D eigenvalue weighted by Gasteiger charge is -2.03. The topological polar surface area (TPSA) is 31.2 Å². The molecule has 0 aliphatic rings. The summed E-state index contributed by atoms with van der Waals surface area (Å²) in [5.74, 6) is -0.229. The Kier molecular flexibility index (Phi) is 4.61. The average molecular weight is 259 g/mol. The summed E-state index contributed by atoms with van der Waals surface area (Å²) in [4.78, 5) is 12.0. The Balaban J connectivity index is 2.34. The molecule has 19 heavy (non-hydrogen) atoms. The third-order valence-corrected chi connectivity index (χ3v) is 3.29. The minimum Gasteiger partial charge on any atom is -0.462 e. The number of esters is 1. The van der Waals surface area contributed by atoms with Crippen molar-refractivity contribution < 1.29 is 9.53 Å². The van der Waals surface area contributed by atoms with Crippen LogP contribution in [0.1, 0.15) is 43.5 Å². The van der Waals surface area contributed by atoms with E-state index in [1.807, 2.05) is 31.3 Å². The number of aryl methyl sites for hydroxylation is 1. The van der Waals surface area contributed by atoms with Crippen LogP contribution in [0.5, 0.6) is 0 Å². The first-order valence-corrected chi connectivity index (χ1v) is 7.03. The number of aromatic nitrogens is 1. The van der Waals surface area contributed by atoms with Crippen LogP contribution in [-0.4, -0.2) is 17.1 Å². The van der Waals surface area contributed by atoms with Crippen LogP contribution in [0.4, 0.5) is 0 Å². The number of hydrogen-bond acceptors (Lipinski definition) is 2. The van der Waals surface area contributed by atoms with Gasteiger partial charge in [-0.2, -0.15) is 0 Å². The van der Waals surface area contributed by atoms with Crippen LogP contribution in [0, 0.1) is 0 Å². The van der Waals surface area contributed by atoms with Crippen molar-refractivity contribution in [2.45, 2.75) is 39.7 Å². The number of benzene rings is 1. The fraction of sp³-hybridized carbons (Fsp3) is 0.438. The highest BCUT2D eigenvalue weighted by atomic mass is 16.5. The highest BCUT2D eigenvalue weighted by Gasteiger charge is 2.15. The summed E-state index contributed by atoms with van der Waals surface area (Å²) in [5, 5.41) is 0.984. The van der Waals surface area contributed by atoms with E-state index in [2.05, 4.69) is 17.6 Å². The van der Waals surface area contributed by atoms with Crippen LogP contribution in [0.25, 0.3) is 10.9 Å². The van der Waals surface area contributed by atoms with Gasteiger partial charge in [-0.05, 0) is 19.4 Å². The molecule has 0 aliphatic carbocycles. The van der Waals surface area contributed by atoms with E-state index in [-0.39, 0.29) is 5.97 Å². The number of nitrogens with zero attached hydrogens (tertiary/aromatic N) is 1. The monoisotopic (exact) mass is 259 g/mol. The number of fused-ring (bicyclic) bond motifs is 1. The molecule has 0 unspecified atom stereocenters. The van der Waals surface area contributed by atoms with Crippen LogP contribution in [0.3, 0.4) is 0 Å². The first-order chi connectivity index (χ1) is 9.27. The molecule has 2 aromatic rings. The summed E-state index contributed by atoms with van der Waals surface area (Å²) in [7, 11) is 0. The molecule has 1 aromatic carbocycles. The van der Waals surface area contributed by atoms with Gasteiger partial charge in [0.15, 0.2) is 0 Å². The lowest BCUT2D eigenvalue weighted by atomic mass is 10.2. The molecule has 0 radical (unpaired) electrons. The summed E-state index contributed by atoms with van der Waals surface area (Å²) in [6, 6.07) is 8.01. The fourth-order valence-electron chi connectivity index (χ4n) is 2.34. The highest BCUT2D eigenvalue weighted by molar-refractivity contribution is 6.04. The second-order valence-electron chi connectivity index (χ2n) is 4.68. The van der Waals surface area contributed by atoms with Gasteiger partial charge in [0.05, 0.1) is 12.2 Å². The first-order valence-electron chi connectivity index (χ1n) is 7.03. The lowest BCUT2D eigenvalue weighted by Crippen LogP contribution is -2.04. The molecule has 0 saturated heterocycles. The molecular weight excluding hydrogens is 238 g/mol. The molecule has 0 saturated carbocycles. The molecular formula is C16H21NO2. The van der Waals surface area contributed by atoms with E-state index in [9.17, 15) is 4.79 Å². The van der Waals surface area contributed by atoms with Crippen LogP contribution in [0.2, 0.25) is 0 Å². The van der Waals surface area contributed by atoms with Crippen molar-refractivity contribution in [2.75, 3.05) is 6.61 Å². The van der Waals surface area contributed by atoms with Gasteiger partial charge in [-0.15, -0.1) is 0 Å². The normalized spacial score (nSPS) is 10.8. The van der Waals surface area contributed by atoms with Gasteiger partial charge in [0.1, 0.15) is 0 Å². The quantitative estimate of drug-likeness (QED) is 0.580. The molecule has 0 bridgehead atoms. The summed E-state index contributed by atoms with van der Waals surface area (Å²) in [6.07, 6.45) is 5.47. The molecule has 0 spiro atoms. The van der Waals surface area contributed by atoms with Crippen LogP contribution >= 0.6 is 0 Å². The number of carbonyl (C=O) groups is 1. The van der Waals surface area contributed by atoms with E-state index >= 15 is 0 Å². The molecule has 0 amide bonds. The van der Waals surface area contributed by atoms with Crippen molar-refractivity contribution >= 4 is 16.9 Å². The maximum absolute atomic E-state index is 12.0. The maximum Gasteiger partial charge on any atom is 0.340 e. The Morgan fingerprint density at radius 2 is 2.00 bits per heavy atom. The van der Waals surface area contributed by atoms with E-state index in [0.29, 0.717) is 12.2 Å². The Hall–Kier alpha value is -1.77. The first kappa shape index (κ1) is 13.7. The number of unbranched alkanes of at least 4 members (excludes halogenated alkanes) is 2. The summed E-state index contributed by atoms with van der Waals surface area (Å²) < 4.78 is 7.29. The van der Waals surface area contributed by atoms with Crippen molar-refractivity contribution in [1.82, 2.24) is 4.57 Å². The summed E-state index contributed by atoms with van der Waals surface area (Å²) in [5.41, 5.74) is 1.79. The molecule has 0 aliphatic heterocycles. The standard InChI is InChI=1S/C16H21NO2/c1-3-5-8-11-17-12-14(16(18)19-4-2)13-9-6-7-10-15(13)17/h6-7,9-10,12H,3-5,8,11H2,1-2H3. The van der Waals surface area contributed by atoms with Crippen LogP contribution < -0.4 is 0 Å². The van der Waals surface area contributed by atoms with Gasteiger partial charge in [-0.3, -0.25) is 0 Å². The Bertz CT molecular complexity index is 557. The van der Waals surface area contributed by atoms with Crippen LogP contribution in [0.15, 0.2) is 30.5 Å². The van der Waals surface area contributed by atoms with Gasteiger partial charge in [0.25, 0.3) is 0 Å². The molecule has 3 nitrogen and oxygen atoms in total. The van der Waals surface area contributed by atoms with Crippen LogP contribution in [-0.2, 0) is 11.3 Å². The van der Waals surface area contributed by atoms with Gasteiger partial charge < -0.3 is 9.30 Å². The zero-order valence-electron chi connectivity index (χ0n) is 11.7. The van der Waals surface area contributed by atoms with E-state index in [1.54, 1.807) is 0 Å². The average Bonchev–Trinajstić information content (AvgIpc) is 2.79. The van der Waals surface area contributed by atoms with Crippen molar-refractivity contribution in [3.05, 3.63) is 36.0 Å². The number of para-hydroxylation sites is 1. The molecule has 102 valence electrons. The molecule has 1 heterocycles. The molecule has 3 heteroatoms. The summed E-state index contributed by atoms with van der Waals surface area (Å²) in [6.45, 7) is 5.39. The zero-order chi connectivity index (χ0) is 13.7. The number of ether oxygens (including phenoxy) is 1. The number of carbonyl (C=O) groups excluding carboxylic acids is 1. The maximum atomic E-state index is 12.0. The second-order valence-corrected chi connectivity index (χ2v) is 4.68. The number of hydrogen-bond donors (Lipinski definition) is 0. The molecule has 0 atom stereocenters. The number of rotatable bonds is 6. The van der Waals surface area contributed by atoms with Gasteiger partial charge in [-0.1, -0.05) is 38.0 Å². The highest BCUT2D eigenvalue weighted by Crippen LogP contribution is 2.22. The fourth-order valence-corrected chi connectivity index (χ4v) is 2.34. The SMILES string of the molecule is CCCCCn1cc(C(=O)OCC)c2ccccc21. The predicted octanol–water partition coefficient (Wildman–Crippen LogP) is 4.01. The smallest absolute Gasteiger partial charge is 0.340 e. The van der Waals surface area contributed by atoms with Crippen molar-refractivity contribution in [3.63, 3.8) is 0 Å². The lowest BCUT2D eigenvalue weighted by molar-refractivity contribution is 0.0528. The van der Waals surface area contributed by atoms with Crippen molar-refractivity contribution in [1.29, 1.82) is 0 Å².